The van der Waals surface area contributed by atoms with Crippen molar-refractivity contribution in [3.63, 3.8) is 0 Å². The quantitative estimate of drug-likeness (QED) is 0.794. The van der Waals surface area contributed by atoms with Crippen molar-refractivity contribution in [1.82, 2.24) is 0 Å². The molecule has 16 heavy (non-hydrogen) atoms. The van der Waals surface area contributed by atoms with Gasteiger partial charge < -0.3 is 10.6 Å². The molecule has 0 radical (unpaired) electrons. The first-order chi connectivity index (χ1) is 7.59. The maximum absolute atomic E-state index is 6.11. The van der Waals surface area contributed by atoms with Crippen molar-refractivity contribution < 1.29 is 0 Å². The summed E-state index contributed by atoms with van der Waals surface area (Å²) in [5.74, 6) is 0. The number of hydrogen-bond acceptors (Lipinski definition) is 2. The van der Waals surface area contributed by atoms with Gasteiger partial charge in [0, 0.05) is 16.6 Å². The van der Waals surface area contributed by atoms with Gasteiger partial charge in [-0.1, -0.05) is 15.9 Å². The average molecular weight is 283 g/mol. The zero-order valence-electron chi connectivity index (χ0n) is 9.91. The van der Waals surface area contributed by atoms with E-state index in [9.17, 15) is 0 Å². The number of rotatable bonds is 1. The number of benzene rings is 1. The normalized spacial score (nSPS) is 25.8. The SMILES string of the molecule is CC1CCCC(C)N1c1ccc(Br)cc1N. The number of nitrogen functional groups attached to an aromatic ring is 1. The predicted octanol–water partition coefficient (Wildman–Crippen LogP) is 3.80. The molecular formula is C13H19BrN2. The Kier molecular flexibility index (Phi) is 3.43. The van der Waals surface area contributed by atoms with Crippen LogP contribution in [-0.4, -0.2) is 12.1 Å². The Balaban J connectivity index is 2.34. The van der Waals surface area contributed by atoms with Crippen molar-refractivity contribution in [2.45, 2.75) is 45.2 Å². The average Bonchev–Trinajstić information content (AvgIpc) is 2.20. The molecule has 1 saturated heterocycles. The summed E-state index contributed by atoms with van der Waals surface area (Å²) in [7, 11) is 0. The molecule has 0 aliphatic carbocycles. The standard InChI is InChI=1S/C13H19BrN2/c1-9-4-3-5-10(2)16(9)13-7-6-11(14)8-12(13)15/h6-10H,3-5,15H2,1-2H3. The van der Waals surface area contributed by atoms with Crippen LogP contribution in [0, 0.1) is 0 Å². The molecule has 0 bridgehead atoms. The van der Waals surface area contributed by atoms with Crippen LogP contribution >= 0.6 is 15.9 Å². The summed E-state index contributed by atoms with van der Waals surface area (Å²) < 4.78 is 1.05. The minimum absolute atomic E-state index is 0.590. The lowest BCUT2D eigenvalue weighted by Crippen LogP contribution is -2.44. The van der Waals surface area contributed by atoms with Crippen LogP contribution in [0.2, 0.25) is 0 Å². The molecule has 1 aromatic carbocycles. The number of nitrogens with zero attached hydrogens (tertiary/aromatic N) is 1. The van der Waals surface area contributed by atoms with Crippen LogP contribution in [0.5, 0.6) is 0 Å². The maximum Gasteiger partial charge on any atom is 0.0605 e. The highest BCUT2D eigenvalue weighted by atomic mass is 79.9. The molecule has 2 atom stereocenters. The summed E-state index contributed by atoms with van der Waals surface area (Å²) in [6.07, 6.45) is 3.86. The van der Waals surface area contributed by atoms with Gasteiger partial charge >= 0.3 is 0 Å². The van der Waals surface area contributed by atoms with E-state index in [1.807, 2.05) is 6.07 Å². The lowest BCUT2D eigenvalue weighted by molar-refractivity contribution is 0.415. The summed E-state index contributed by atoms with van der Waals surface area (Å²) in [5, 5.41) is 0. The fourth-order valence-electron chi connectivity index (χ4n) is 2.66. The Morgan fingerprint density at radius 2 is 1.88 bits per heavy atom. The summed E-state index contributed by atoms with van der Waals surface area (Å²) in [6, 6.07) is 7.36. The van der Waals surface area contributed by atoms with Crippen LogP contribution in [0.25, 0.3) is 0 Å². The molecule has 2 rings (SSSR count). The number of nitrogens with two attached hydrogens (primary N) is 1. The van der Waals surface area contributed by atoms with Crippen LogP contribution in [0.3, 0.4) is 0 Å². The zero-order chi connectivity index (χ0) is 11.7. The van der Waals surface area contributed by atoms with E-state index in [2.05, 4.69) is 46.8 Å². The summed E-state index contributed by atoms with van der Waals surface area (Å²) in [4.78, 5) is 2.46. The first kappa shape index (κ1) is 11.8. The zero-order valence-corrected chi connectivity index (χ0v) is 11.5. The van der Waals surface area contributed by atoms with Crippen LogP contribution in [0.1, 0.15) is 33.1 Å². The number of halogens is 1. The Morgan fingerprint density at radius 3 is 2.44 bits per heavy atom. The maximum atomic E-state index is 6.11. The molecule has 2 unspecified atom stereocenters. The van der Waals surface area contributed by atoms with Crippen LogP contribution in [0.15, 0.2) is 22.7 Å². The van der Waals surface area contributed by atoms with Gasteiger partial charge in [-0.25, -0.2) is 0 Å². The van der Waals surface area contributed by atoms with Crippen molar-refractivity contribution in [3.05, 3.63) is 22.7 Å². The largest absolute Gasteiger partial charge is 0.397 e. The Bertz CT molecular complexity index is 368. The molecule has 0 amide bonds. The fraction of sp³-hybridized carbons (Fsp3) is 0.538. The van der Waals surface area contributed by atoms with Crippen molar-refractivity contribution in [1.29, 1.82) is 0 Å². The Hall–Kier alpha value is -0.700. The molecule has 88 valence electrons. The monoisotopic (exact) mass is 282 g/mol. The first-order valence-electron chi connectivity index (χ1n) is 5.93. The van der Waals surface area contributed by atoms with Crippen LogP contribution in [0.4, 0.5) is 11.4 Å². The van der Waals surface area contributed by atoms with Gasteiger partial charge in [-0.05, 0) is 51.3 Å². The van der Waals surface area contributed by atoms with Gasteiger partial charge in [-0.15, -0.1) is 0 Å². The minimum Gasteiger partial charge on any atom is -0.397 e. The smallest absolute Gasteiger partial charge is 0.0605 e. The highest BCUT2D eigenvalue weighted by molar-refractivity contribution is 9.10. The molecule has 1 aliphatic heterocycles. The van der Waals surface area contributed by atoms with E-state index < -0.39 is 0 Å². The van der Waals surface area contributed by atoms with Gasteiger partial charge in [0.2, 0.25) is 0 Å². The van der Waals surface area contributed by atoms with E-state index in [1.54, 1.807) is 0 Å². The Labute approximate surface area is 106 Å². The molecule has 0 aromatic heterocycles. The van der Waals surface area contributed by atoms with Gasteiger partial charge in [0.05, 0.1) is 11.4 Å². The number of anilines is 2. The summed E-state index contributed by atoms with van der Waals surface area (Å²) in [5.41, 5.74) is 8.16. The highest BCUT2D eigenvalue weighted by Crippen LogP contribution is 2.34. The third kappa shape index (κ3) is 2.19. The molecule has 0 spiro atoms. The molecule has 2 nitrogen and oxygen atoms in total. The summed E-state index contributed by atoms with van der Waals surface area (Å²) in [6.45, 7) is 4.58. The molecule has 1 aromatic rings. The molecule has 0 saturated carbocycles. The lowest BCUT2D eigenvalue weighted by atomic mass is 9.96. The second kappa shape index (κ2) is 4.66. The van der Waals surface area contributed by atoms with Gasteiger partial charge in [-0.3, -0.25) is 0 Å². The van der Waals surface area contributed by atoms with E-state index >= 15 is 0 Å². The van der Waals surface area contributed by atoms with Crippen molar-refractivity contribution in [2.24, 2.45) is 0 Å². The Morgan fingerprint density at radius 1 is 1.25 bits per heavy atom. The lowest BCUT2D eigenvalue weighted by Gasteiger charge is -2.41. The number of hydrogen-bond donors (Lipinski definition) is 1. The molecule has 1 aliphatic rings. The van der Waals surface area contributed by atoms with Gasteiger partial charge in [0.15, 0.2) is 0 Å². The van der Waals surface area contributed by atoms with Crippen molar-refractivity contribution in [3.8, 4) is 0 Å². The van der Waals surface area contributed by atoms with Gasteiger partial charge in [0.1, 0.15) is 0 Å². The van der Waals surface area contributed by atoms with Gasteiger partial charge in [0.25, 0.3) is 0 Å². The van der Waals surface area contributed by atoms with E-state index in [1.165, 1.54) is 24.9 Å². The van der Waals surface area contributed by atoms with E-state index in [0.29, 0.717) is 12.1 Å². The second-order valence-corrected chi connectivity index (χ2v) is 5.66. The number of piperidine rings is 1. The van der Waals surface area contributed by atoms with Gasteiger partial charge in [-0.2, -0.15) is 0 Å². The fourth-order valence-corrected chi connectivity index (χ4v) is 3.04. The molecule has 1 fully saturated rings. The van der Waals surface area contributed by atoms with E-state index in [0.717, 1.165) is 10.2 Å². The molecule has 2 N–H and O–H groups in total. The highest BCUT2D eigenvalue weighted by Gasteiger charge is 2.25. The van der Waals surface area contributed by atoms with Crippen LogP contribution < -0.4 is 10.6 Å². The van der Waals surface area contributed by atoms with Crippen LogP contribution in [-0.2, 0) is 0 Å². The third-order valence-corrected chi connectivity index (χ3v) is 3.95. The summed E-state index contributed by atoms with van der Waals surface area (Å²) >= 11 is 3.45. The van der Waals surface area contributed by atoms with E-state index in [-0.39, 0.29) is 0 Å². The van der Waals surface area contributed by atoms with Crippen molar-refractivity contribution >= 4 is 27.3 Å². The predicted molar refractivity (Wildman–Crippen MR) is 73.8 cm³/mol. The topological polar surface area (TPSA) is 29.3 Å². The minimum atomic E-state index is 0.590. The van der Waals surface area contributed by atoms with E-state index in [4.69, 9.17) is 5.73 Å². The third-order valence-electron chi connectivity index (χ3n) is 3.46. The molecule has 1 heterocycles. The van der Waals surface area contributed by atoms with Crippen molar-refractivity contribution in [2.75, 3.05) is 10.6 Å². The second-order valence-electron chi connectivity index (χ2n) is 4.74. The first-order valence-corrected chi connectivity index (χ1v) is 6.72. The molecular weight excluding hydrogens is 264 g/mol. The molecule has 3 heteroatoms.